The van der Waals surface area contributed by atoms with E-state index in [2.05, 4.69) is 5.32 Å². The summed E-state index contributed by atoms with van der Waals surface area (Å²) in [5, 5.41) is 10.9. The topological polar surface area (TPSA) is 131 Å². The molecule has 2 amide bonds. The highest BCUT2D eigenvalue weighted by Crippen LogP contribution is 2.17. The first kappa shape index (κ1) is 14.5. The van der Waals surface area contributed by atoms with Crippen LogP contribution in [0.25, 0.3) is 0 Å². The van der Waals surface area contributed by atoms with Gasteiger partial charge in [-0.15, -0.1) is 0 Å². The number of carbonyl (C=O) groups excluding carboxylic acids is 2. The summed E-state index contributed by atoms with van der Waals surface area (Å²) in [7, 11) is 0. The van der Waals surface area contributed by atoms with E-state index in [-0.39, 0.29) is 13.0 Å². The van der Waals surface area contributed by atoms with Crippen LogP contribution in [0, 0.1) is 11.3 Å². The molecule has 0 heterocycles. The van der Waals surface area contributed by atoms with Gasteiger partial charge in [-0.25, -0.2) is 0 Å². The van der Waals surface area contributed by atoms with Crippen LogP contribution in [0.15, 0.2) is 24.3 Å². The van der Waals surface area contributed by atoms with Crippen LogP contribution in [-0.4, -0.2) is 24.5 Å². The lowest BCUT2D eigenvalue weighted by Crippen LogP contribution is -2.38. The van der Waals surface area contributed by atoms with Crippen molar-refractivity contribution in [3.8, 4) is 11.8 Å². The second kappa shape index (κ2) is 6.98. The molecule has 19 heavy (non-hydrogen) atoms. The van der Waals surface area contributed by atoms with Gasteiger partial charge in [0.05, 0.1) is 12.5 Å². The van der Waals surface area contributed by atoms with Crippen LogP contribution in [0.1, 0.15) is 6.42 Å². The van der Waals surface area contributed by atoms with Gasteiger partial charge in [-0.2, -0.15) is 5.26 Å². The van der Waals surface area contributed by atoms with Gasteiger partial charge in [-0.1, -0.05) is 6.07 Å². The molecule has 0 aromatic heterocycles. The Hall–Kier alpha value is -2.59. The predicted octanol–water partition coefficient (Wildman–Crippen LogP) is -0.270. The van der Waals surface area contributed by atoms with E-state index < -0.39 is 17.9 Å². The van der Waals surface area contributed by atoms with E-state index >= 15 is 0 Å². The van der Waals surface area contributed by atoms with Gasteiger partial charge in [0.2, 0.25) is 11.8 Å². The number of nitrogens with two attached hydrogens (primary N) is 2. The number of amides is 2. The zero-order valence-corrected chi connectivity index (χ0v) is 10.1. The van der Waals surface area contributed by atoms with Gasteiger partial charge in [-0.05, 0) is 12.1 Å². The number of nitriles is 1. The summed E-state index contributed by atoms with van der Waals surface area (Å²) in [6.45, 7) is -0.0847. The van der Waals surface area contributed by atoms with Crippen molar-refractivity contribution in [1.29, 1.82) is 5.26 Å². The minimum atomic E-state index is -0.999. The molecule has 0 saturated heterocycles. The molecular weight excluding hydrogens is 248 g/mol. The first-order chi connectivity index (χ1) is 9.02. The Morgan fingerprint density at radius 2 is 2.21 bits per heavy atom. The first-order valence-electron chi connectivity index (χ1n) is 5.47. The van der Waals surface area contributed by atoms with E-state index in [0.29, 0.717) is 11.4 Å². The van der Waals surface area contributed by atoms with E-state index in [1.165, 1.54) is 0 Å². The average Bonchev–Trinajstić information content (AvgIpc) is 2.36. The van der Waals surface area contributed by atoms with Crippen molar-refractivity contribution in [3.63, 3.8) is 0 Å². The zero-order valence-electron chi connectivity index (χ0n) is 10.1. The maximum Gasteiger partial charge on any atom is 0.241 e. The van der Waals surface area contributed by atoms with Crippen molar-refractivity contribution in [2.24, 2.45) is 11.5 Å². The third-order valence-electron chi connectivity index (χ3n) is 2.16. The van der Waals surface area contributed by atoms with Gasteiger partial charge in [0.15, 0.2) is 6.61 Å². The number of primary amides is 1. The van der Waals surface area contributed by atoms with Gasteiger partial charge in [-0.3, -0.25) is 9.59 Å². The van der Waals surface area contributed by atoms with Gasteiger partial charge < -0.3 is 21.5 Å². The van der Waals surface area contributed by atoms with Crippen molar-refractivity contribution in [1.82, 2.24) is 0 Å². The molecule has 0 aliphatic rings. The number of nitrogens with one attached hydrogen (secondary N) is 1. The van der Waals surface area contributed by atoms with Crippen LogP contribution >= 0.6 is 0 Å². The maximum absolute atomic E-state index is 11.6. The molecule has 1 rings (SSSR count). The second-order valence-corrected chi connectivity index (χ2v) is 3.74. The Labute approximate surface area is 110 Å². The molecule has 0 radical (unpaired) electrons. The number of hydrogen-bond donors (Lipinski definition) is 3. The van der Waals surface area contributed by atoms with Crippen LogP contribution in [0.2, 0.25) is 0 Å². The summed E-state index contributed by atoms with van der Waals surface area (Å²) >= 11 is 0. The number of carbonyl (C=O) groups is 2. The third-order valence-corrected chi connectivity index (χ3v) is 2.16. The Morgan fingerprint density at radius 1 is 1.47 bits per heavy atom. The zero-order chi connectivity index (χ0) is 14.3. The van der Waals surface area contributed by atoms with E-state index in [1.807, 2.05) is 6.07 Å². The summed E-state index contributed by atoms with van der Waals surface area (Å²) in [6.07, 6.45) is -0.226. The normalized spacial score (nSPS) is 11.2. The fraction of sp³-hybridized carbons (Fsp3) is 0.250. The summed E-state index contributed by atoms with van der Waals surface area (Å²) in [4.78, 5) is 22.3. The molecule has 0 aliphatic carbocycles. The monoisotopic (exact) mass is 262 g/mol. The van der Waals surface area contributed by atoms with Gasteiger partial charge >= 0.3 is 0 Å². The lowest BCUT2D eigenvalue weighted by atomic mass is 10.2. The second-order valence-electron chi connectivity index (χ2n) is 3.74. The number of ether oxygens (including phenoxy) is 1. The number of rotatable bonds is 6. The Balaban J connectivity index is 2.64. The third kappa shape index (κ3) is 5.06. The lowest BCUT2D eigenvalue weighted by molar-refractivity contribution is -0.123. The number of hydrogen-bond acceptors (Lipinski definition) is 5. The molecular formula is C12H14N4O3. The van der Waals surface area contributed by atoms with Crippen molar-refractivity contribution in [2.75, 3.05) is 11.9 Å². The molecule has 0 fully saturated rings. The highest BCUT2D eigenvalue weighted by molar-refractivity contribution is 5.97. The number of benzene rings is 1. The van der Waals surface area contributed by atoms with Crippen molar-refractivity contribution >= 4 is 17.5 Å². The first-order valence-corrected chi connectivity index (χ1v) is 5.47. The standard InChI is InChI=1S/C12H14N4O3/c13-4-5-19-9-3-1-2-8(6-9)16-12(18)10(14)7-11(15)17/h1-3,6,10H,5,7,14H2,(H2,15,17)(H,16,18). The van der Waals surface area contributed by atoms with Crippen LogP contribution in [-0.2, 0) is 9.59 Å². The number of nitrogens with zero attached hydrogens (tertiary/aromatic N) is 1. The molecule has 1 aromatic carbocycles. The van der Waals surface area contributed by atoms with Crippen LogP contribution in [0.5, 0.6) is 5.75 Å². The molecule has 7 heteroatoms. The molecule has 0 aliphatic heterocycles. The molecule has 7 nitrogen and oxygen atoms in total. The molecule has 1 aromatic rings. The summed E-state index contributed by atoms with van der Waals surface area (Å²) in [5.41, 5.74) is 10.9. The smallest absolute Gasteiger partial charge is 0.241 e. The number of anilines is 1. The van der Waals surface area contributed by atoms with Crippen LogP contribution in [0.4, 0.5) is 5.69 Å². The highest BCUT2D eigenvalue weighted by Gasteiger charge is 2.16. The SMILES string of the molecule is N#CCOc1cccc(NC(=O)C(N)CC(N)=O)c1. The minimum Gasteiger partial charge on any atom is -0.479 e. The Bertz CT molecular complexity index is 510. The highest BCUT2D eigenvalue weighted by atomic mass is 16.5. The predicted molar refractivity (Wildman–Crippen MR) is 68.0 cm³/mol. The molecule has 0 saturated carbocycles. The lowest BCUT2D eigenvalue weighted by Gasteiger charge is -2.11. The molecule has 1 unspecified atom stereocenters. The van der Waals surface area contributed by atoms with Gasteiger partial charge in [0.1, 0.15) is 11.8 Å². The molecule has 100 valence electrons. The maximum atomic E-state index is 11.6. The van der Waals surface area contributed by atoms with Gasteiger partial charge in [0, 0.05) is 11.8 Å². The fourth-order valence-electron chi connectivity index (χ4n) is 1.32. The van der Waals surface area contributed by atoms with E-state index in [1.54, 1.807) is 24.3 Å². The fourth-order valence-corrected chi connectivity index (χ4v) is 1.32. The van der Waals surface area contributed by atoms with Crippen LogP contribution < -0.4 is 21.5 Å². The van der Waals surface area contributed by atoms with Crippen molar-refractivity contribution in [2.45, 2.75) is 12.5 Å². The van der Waals surface area contributed by atoms with Crippen molar-refractivity contribution in [3.05, 3.63) is 24.3 Å². The minimum absolute atomic E-state index is 0.0847. The Morgan fingerprint density at radius 3 is 2.84 bits per heavy atom. The largest absolute Gasteiger partial charge is 0.479 e. The van der Waals surface area contributed by atoms with E-state index in [9.17, 15) is 9.59 Å². The summed E-state index contributed by atoms with van der Waals surface area (Å²) < 4.78 is 5.08. The molecule has 5 N–H and O–H groups in total. The van der Waals surface area contributed by atoms with Crippen LogP contribution in [0.3, 0.4) is 0 Å². The summed E-state index contributed by atoms with van der Waals surface area (Å²) in [6, 6.07) is 7.32. The summed E-state index contributed by atoms with van der Waals surface area (Å²) in [5.74, 6) is -0.715. The van der Waals surface area contributed by atoms with E-state index in [4.69, 9.17) is 21.5 Å². The van der Waals surface area contributed by atoms with Crippen molar-refractivity contribution < 1.29 is 14.3 Å². The molecule has 1 atom stereocenters. The average molecular weight is 262 g/mol. The van der Waals surface area contributed by atoms with Gasteiger partial charge in [0.25, 0.3) is 0 Å². The Kier molecular flexibility index (Phi) is 5.32. The molecule has 0 spiro atoms. The molecule has 0 bridgehead atoms. The quantitative estimate of drug-likeness (QED) is 0.649. The van der Waals surface area contributed by atoms with E-state index in [0.717, 1.165) is 0 Å².